The van der Waals surface area contributed by atoms with Crippen LogP contribution in [0, 0.1) is 0 Å². The lowest BCUT2D eigenvalue weighted by molar-refractivity contribution is 0.358. The predicted octanol–water partition coefficient (Wildman–Crippen LogP) is -0.163. The monoisotopic (exact) mass is 239 g/mol. The third kappa shape index (κ3) is 4.32. The highest BCUT2D eigenvalue weighted by Gasteiger charge is 2.22. The molecule has 0 bridgehead atoms. The molecule has 0 fully saturated rings. The molecule has 5 nitrogen and oxygen atoms in total. The second kappa shape index (κ2) is 5.59. The average molecular weight is 239 g/mol. The van der Waals surface area contributed by atoms with Gasteiger partial charge >= 0.3 is 0 Å². The highest BCUT2D eigenvalue weighted by molar-refractivity contribution is 7.87. The largest absolute Gasteiger partial charge is 0.393 e. The molecule has 0 rings (SSSR count). The van der Waals surface area contributed by atoms with Crippen molar-refractivity contribution in [2.45, 2.75) is 26.3 Å². The molecule has 7 heteroatoms. The molecule has 0 aliphatic heterocycles. The number of thiocarbonyl (C=S) groups is 1. The van der Waals surface area contributed by atoms with E-state index < -0.39 is 10.2 Å². The van der Waals surface area contributed by atoms with Gasteiger partial charge in [0.25, 0.3) is 10.2 Å². The lowest BCUT2D eigenvalue weighted by Gasteiger charge is -2.24. The number of rotatable bonds is 6. The molecule has 0 aromatic carbocycles. The van der Waals surface area contributed by atoms with Crippen molar-refractivity contribution in [1.82, 2.24) is 9.03 Å². The van der Waals surface area contributed by atoms with Gasteiger partial charge in [0.15, 0.2) is 0 Å². The Bertz CT molecular complexity index is 287. The van der Waals surface area contributed by atoms with Gasteiger partial charge in [-0.25, -0.2) is 4.72 Å². The van der Waals surface area contributed by atoms with E-state index in [0.717, 1.165) is 0 Å². The quantitative estimate of drug-likeness (QED) is 0.631. The summed E-state index contributed by atoms with van der Waals surface area (Å²) in [6, 6.07) is -0.109. The first-order chi connectivity index (χ1) is 6.31. The molecule has 0 saturated heterocycles. The van der Waals surface area contributed by atoms with Gasteiger partial charge in [-0.2, -0.15) is 12.7 Å². The summed E-state index contributed by atoms with van der Waals surface area (Å²) in [5.74, 6) is 0. The fraction of sp³-hybridized carbons (Fsp3) is 0.857. The SMILES string of the molecule is CNS(=O)(=O)N(CCC(N)=S)C(C)C. The number of nitrogens with zero attached hydrogens (tertiary/aromatic N) is 1. The van der Waals surface area contributed by atoms with E-state index in [1.165, 1.54) is 11.4 Å². The lowest BCUT2D eigenvalue weighted by atomic mass is 10.3. The Morgan fingerprint density at radius 1 is 1.57 bits per heavy atom. The van der Waals surface area contributed by atoms with Crippen molar-refractivity contribution >= 4 is 27.4 Å². The highest BCUT2D eigenvalue weighted by atomic mass is 32.2. The maximum absolute atomic E-state index is 11.5. The molecule has 0 aliphatic rings. The summed E-state index contributed by atoms with van der Waals surface area (Å²) < 4.78 is 26.6. The van der Waals surface area contributed by atoms with Gasteiger partial charge in [-0.05, 0) is 13.8 Å². The van der Waals surface area contributed by atoms with Crippen molar-refractivity contribution < 1.29 is 8.42 Å². The van der Waals surface area contributed by atoms with E-state index in [1.807, 2.05) is 0 Å². The van der Waals surface area contributed by atoms with Gasteiger partial charge in [-0.1, -0.05) is 12.2 Å². The molecule has 0 unspecified atom stereocenters. The van der Waals surface area contributed by atoms with Crippen LogP contribution in [-0.4, -0.2) is 37.3 Å². The van der Waals surface area contributed by atoms with E-state index in [2.05, 4.69) is 4.72 Å². The molecule has 0 amide bonds. The maximum atomic E-state index is 11.5. The third-order valence-electron chi connectivity index (χ3n) is 1.72. The molecular formula is C7H17N3O2S2. The maximum Gasteiger partial charge on any atom is 0.279 e. The van der Waals surface area contributed by atoms with Crippen LogP contribution in [0.1, 0.15) is 20.3 Å². The van der Waals surface area contributed by atoms with Crippen molar-refractivity contribution in [2.24, 2.45) is 5.73 Å². The Morgan fingerprint density at radius 3 is 2.36 bits per heavy atom. The summed E-state index contributed by atoms with van der Waals surface area (Å²) in [6.07, 6.45) is 0.397. The first-order valence-electron chi connectivity index (χ1n) is 4.30. The molecule has 0 aliphatic carbocycles. The van der Waals surface area contributed by atoms with Crippen molar-refractivity contribution in [3.8, 4) is 0 Å². The number of hydrogen-bond donors (Lipinski definition) is 2. The Labute approximate surface area is 90.8 Å². The summed E-state index contributed by atoms with van der Waals surface area (Å²) in [5.41, 5.74) is 5.32. The second-order valence-corrected chi connectivity index (χ2v) is 5.48. The second-order valence-electron chi connectivity index (χ2n) is 3.13. The molecule has 3 N–H and O–H groups in total. The minimum absolute atomic E-state index is 0.109. The minimum Gasteiger partial charge on any atom is -0.393 e. The molecule has 0 saturated carbocycles. The predicted molar refractivity (Wildman–Crippen MR) is 61.2 cm³/mol. The summed E-state index contributed by atoms with van der Waals surface area (Å²) >= 11 is 4.70. The molecule has 0 heterocycles. The fourth-order valence-corrected chi connectivity index (χ4v) is 2.21. The van der Waals surface area contributed by atoms with Gasteiger partial charge in [0.2, 0.25) is 0 Å². The Kier molecular flexibility index (Phi) is 5.50. The van der Waals surface area contributed by atoms with Crippen LogP contribution >= 0.6 is 12.2 Å². The molecule has 0 aromatic heterocycles. The van der Waals surface area contributed by atoms with Crippen LogP contribution in [-0.2, 0) is 10.2 Å². The van der Waals surface area contributed by atoms with Crippen LogP contribution in [0.5, 0.6) is 0 Å². The molecule has 0 spiro atoms. The summed E-state index contributed by atoms with van der Waals surface area (Å²) in [6.45, 7) is 3.92. The Hall–Kier alpha value is -0.240. The summed E-state index contributed by atoms with van der Waals surface area (Å²) in [7, 11) is -2.01. The topological polar surface area (TPSA) is 75.4 Å². The van der Waals surface area contributed by atoms with E-state index in [1.54, 1.807) is 13.8 Å². The fourth-order valence-electron chi connectivity index (χ4n) is 0.994. The Balaban J connectivity index is 4.54. The van der Waals surface area contributed by atoms with E-state index in [0.29, 0.717) is 18.0 Å². The zero-order chi connectivity index (χ0) is 11.4. The molecule has 0 aromatic rings. The average Bonchev–Trinajstić information content (AvgIpc) is 2.03. The summed E-state index contributed by atoms with van der Waals surface area (Å²) in [5, 5.41) is 0. The van der Waals surface area contributed by atoms with Gasteiger partial charge in [0.1, 0.15) is 0 Å². The van der Waals surface area contributed by atoms with Crippen LogP contribution in [0.25, 0.3) is 0 Å². The van der Waals surface area contributed by atoms with Crippen LogP contribution in [0.15, 0.2) is 0 Å². The molecule has 84 valence electrons. The first-order valence-corrected chi connectivity index (χ1v) is 6.14. The number of hydrogen-bond acceptors (Lipinski definition) is 3. The van der Waals surface area contributed by atoms with E-state index >= 15 is 0 Å². The van der Waals surface area contributed by atoms with Crippen LogP contribution in [0.3, 0.4) is 0 Å². The highest BCUT2D eigenvalue weighted by Crippen LogP contribution is 2.05. The minimum atomic E-state index is -3.39. The zero-order valence-corrected chi connectivity index (χ0v) is 10.3. The molecular weight excluding hydrogens is 222 g/mol. The zero-order valence-electron chi connectivity index (χ0n) is 8.65. The molecule has 0 atom stereocenters. The number of nitrogens with two attached hydrogens (primary N) is 1. The van der Waals surface area contributed by atoms with Crippen LogP contribution in [0.4, 0.5) is 0 Å². The van der Waals surface area contributed by atoms with Crippen molar-refractivity contribution in [1.29, 1.82) is 0 Å². The number of nitrogens with one attached hydrogen (secondary N) is 1. The Morgan fingerprint density at radius 2 is 2.07 bits per heavy atom. The van der Waals surface area contributed by atoms with E-state index in [9.17, 15) is 8.42 Å². The van der Waals surface area contributed by atoms with Gasteiger partial charge in [-0.3, -0.25) is 0 Å². The smallest absolute Gasteiger partial charge is 0.279 e. The lowest BCUT2D eigenvalue weighted by Crippen LogP contribution is -2.44. The first kappa shape index (κ1) is 13.8. The van der Waals surface area contributed by atoms with E-state index in [4.69, 9.17) is 18.0 Å². The normalized spacial score (nSPS) is 12.4. The standard InChI is InChI=1S/C7H17N3O2S2/c1-6(2)10(5-4-7(8)13)14(11,12)9-3/h6,9H,4-5H2,1-3H3,(H2,8,13). The van der Waals surface area contributed by atoms with Crippen molar-refractivity contribution in [3.63, 3.8) is 0 Å². The van der Waals surface area contributed by atoms with Crippen LogP contribution < -0.4 is 10.5 Å². The van der Waals surface area contributed by atoms with Crippen LogP contribution in [0.2, 0.25) is 0 Å². The van der Waals surface area contributed by atoms with E-state index in [-0.39, 0.29) is 6.04 Å². The van der Waals surface area contributed by atoms with Crippen molar-refractivity contribution in [2.75, 3.05) is 13.6 Å². The van der Waals surface area contributed by atoms with Gasteiger partial charge in [0.05, 0.1) is 4.99 Å². The third-order valence-corrected chi connectivity index (χ3v) is 3.66. The van der Waals surface area contributed by atoms with Crippen molar-refractivity contribution in [3.05, 3.63) is 0 Å². The molecule has 14 heavy (non-hydrogen) atoms. The summed E-state index contributed by atoms with van der Waals surface area (Å²) in [4.78, 5) is 0.321. The molecule has 0 radical (unpaired) electrons. The van der Waals surface area contributed by atoms with Gasteiger partial charge in [0, 0.05) is 26.1 Å². The van der Waals surface area contributed by atoms with Gasteiger partial charge < -0.3 is 5.73 Å². The van der Waals surface area contributed by atoms with Gasteiger partial charge in [-0.15, -0.1) is 0 Å².